The van der Waals surface area contributed by atoms with Crippen LogP contribution in [0.4, 0.5) is 5.69 Å². The van der Waals surface area contributed by atoms with Crippen molar-refractivity contribution in [1.82, 2.24) is 4.90 Å². The van der Waals surface area contributed by atoms with Crippen LogP contribution >= 0.6 is 34.2 Å². The highest BCUT2D eigenvalue weighted by atomic mass is 127. The second-order valence-corrected chi connectivity index (χ2v) is 10.3. The zero-order valence-corrected chi connectivity index (χ0v) is 22.2. The normalized spacial score (nSPS) is 15.9. The van der Waals surface area contributed by atoms with Crippen LogP contribution in [0.15, 0.2) is 97.1 Å². The molecule has 6 nitrogen and oxygen atoms in total. The number of hydrogen-bond donors (Lipinski definition) is 2. The fourth-order valence-electron chi connectivity index (χ4n) is 4.52. The third kappa shape index (κ3) is 4.97. The van der Waals surface area contributed by atoms with Crippen molar-refractivity contribution in [3.63, 3.8) is 0 Å². The number of nitrogens with one attached hydrogen (secondary N) is 1. The van der Waals surface area contributed by atoms with E-state index in [9.17, 15) is 19.5 Å². The van der Waals surface area contributed by atoms with Gasteiger partial charge in [-0.15, -0.1) is 0 Å². The predicted molar refractivity (Wildman–Crippen MR) is 150 cm³/mol. The Labute approximate surface area is 232 Å². The van der Waals surface area contributed by atoms with Crippen LogP contribution in [0.3, 0.4) is 0 Å². The Bertz CT molecular complexity index is 1490. The molecule has 0 bridgehead atoms. The highest BCUT2D eigenvalue weighted by molar-refractivity contribution is 14.1. The van der Waals surface area contributed by atoms with Crippen molar-refractivity contribution in [3.8, 4) is 11.1 Å². The van der Waals surface area contributed by atoms with Crippen LogP contribution in [0.25, 0.3) is 11.1 Å². The lowest BCUT2D eigenvalue weighted by molar-refractivity contribution is -0.144. The minimum absolute atomic E-state index is 0.226. The summed E-state index contributed by atoms with van der Waals surface area (Å²) < 4.78 is 0.780. The monoisotopic (exact) mass is 622 g/mol. The molecule has 184 valence electrons. The summed E-state index contributed by atoms with van der Waals surface area (Å²) in [6, 6.07) is 25.7. The molecule has 8 heteroatoms. The number of hydrogen-bond acceptors (Lipinski definition) is 3. The molecule has 0 fully saturated rings. The quantitative estimate of drug-likeness (QED) is 0.247. The Kier molecular flexibility index (Phi) is 6.99. The summed E-state index contributed by atoms with van der Waals surface area (Å²) >= 11 is 8.12. The van der Waals surface area contributed by atoms with Gasteiger partial charge >= 0.3 is 5.97 Å². The Hall–Kier alpha value is -3.69. The van der Waals surface area contributed by atoms with E-state index >= 15 is 0 Å². The van der Waals surface area contributed by atoms with Crippen LogP contribution in [0.1, 0.15) is 33.6 Å². The van der Waals surface area contributed by atoms with Crippen molar-refractivity contribution in [2.24, 2.45) is 0 Å². The molecular weight excluding hydrogens is 603 g/mol. The second-order valence-electron chi connectivity index (χ2n) is 8.57. The minimum Gasteiger partial charge on any atom is -0.479 e. The average molecular weight is 623 g/mol. The van der Waals surface area contributed by atoms with Gasteiger partial charge in [-0.1, -0.05) is 78.3 Å². The maximum atomic E-state index is 14.0. The van der Waals surface area contributed by atoms with Crippen molar-refractivity contribution in [1.29, 1.82) is 0 Å². The lowest BCUT2D eigenvalue weighted by atomic mass is 9.96. The van der Waals surface area contributed by atoms with Crippen LogP contribution in [0.5, 0.6) is 0 Å². The summed E-state index contributed by atoms with van der Waals surface area (Å²) in [5, 5.41) is 13.6. The first-order chi connectivity index (χ1) is 17.8. The third-order valence-corrected chi connectivity index (χ3v) is 7.19. The molecule has 5 rings (SSSR count). The van der Waals surface area contributed by atoms with E-state index in [0.29, 0.717) is 21.8 Å². The Balaban J connectivity index is 1.67. The molecule has 2 atom stereocenters. The van der Waals surface area contributed by atoms with Crippen molar-refractivity contribution >= 4 is 57.7 Å². The number of anilines is 1. The van der Waals surface area contributed by atoms with Gasteiger partial charge in [-0.3, -0.25) is 9.59 Å². The first kappa shape index (κ1) is 25.0. The molecule has 37 heavy (non-hydrogen) atoms. The van der Waals surface area contributed by atoms with Gasteiger partial charge in [0, 0.05) is 8.59 Å². The van der Waals surface area contributed by atoms with Gasteiger partial charge in [0.05, 0.1) is 11.3 Å². The Morgan fingerprint density at radius 2 is 1.54 bits per heavy atom. The summed E-state index contributed by atoms with van der Waals surface area (Å²) in [7, 11) is 0. The van der Waals surface area contributed by atoms with E-state index in [-0.39, 0.29) is 5.56 Å². The van der Waals surface area contributed by atoms with Gasteiger partial charge in [0.25, 0.3) is 11.8 Å². The number of carbonyl (C=O) groups excluding carboxylic acids is 2. The summed E-state index contributed by atoms with van der Waals surface area (Å²) in [5.74, 6) is -2.32. The fraction of sp³-hybridized carbons (Fsp3) is 0.0690. The lowest BCUT2D eigenvalue weighted by Gasteiger charge is -2.34. The van der Waals surface area contributed by atoms with Crippen molar-refractivity contribution < 1.29 is 19.5 Å². The van der Waals surface area contributed by atoms with Gasteiger partial charge in [0.15, 0.2) is 6.04 Å². The molecule has 1 heterocycles. The number of nitrogens with zero attached hydrogens (tertiary/aromatic N) is 1. The van der Waals surface area contributed by atoms with E-state index < -0.39 is 29.9 Å². The third-order valence-electron chi connectivity index (χ3n) is 6.26. The second kappa shape index (κ2) is 10.4. The maximum Gasteiger partial charge on any atom is 0.331 e. The molecule has 2 N–H and O–H groups in total. The molecule has 1 aliphatic heterocycles. The maximum absolute atomic E-state index is 14.0. The molecule has 0 aliphatic carbocycles. The van der Waals surface area contributed by atoms with E-state index in [0.717, 1.165) is 19.6 Å². The number of fused-ring (bicyclic) bond motifs is 1. The molecule has 0 spiro atoms. The van der Waals surface area contributed by atoms with Gasteiger partial charge in [-0.2, -0.15) is 0 Å². The molecule has 0 saturated carbocycles. The number of carbonyl (C=O) groups is 3. The van der Waals surface area contributed by atoms with Crippen molar-refractivity contribution in [3.05, 3.63) is 122 Å². The zero-order chi connectivity index (χ0) is 26.1. The number of benzene rings is 4. The predicted octanol–water partition coefficient (Wildman–Crippen LogP) is 6.57. The summed E-state index contributed by atoms with van der Waals surface area (Å²) in [5.41, 5.74) is 3.32. The van der Waals surface area contributed by atoms with Crippen LogP contribution in [0.2, 0.25) is 5.02 Å². The fourth-order valence-corrected chi connectivity index (χ4v) is 5.14. The van der Waals surface area contributed by atoms with E-state index in [1.807, 2.05) is 42.5 Å². The number of halogens is 2. The number of carboxylic acids is 1. The standard InChI is InChI=1S/C29H20ClIN2O4/c30-21-12-10-20(11-13-21)26(29(36)37)33-25(19-8-6-18(7-9-19)17-4-2-1-3-5-17)27(34)32-24-15-14-22(31)16-23(24)28(33)35/h1-16,25-26H,(H,32,34)(H,36,37). The zero-order valence-electron chi connectivity index (χ0n) is 19.3. The average Bonchev–Trinajstić information content (AvgIpc) is 3.00. The van der Waals surface area contributed by atoms with E-state index in [4.69, 9.17) is 11.6 Å². The highest BCUT2D eigenvalue weighted by Gasteiger charge is 2.43. The van der Waals surface area contributed by atoms with Gasteiger partial charge in [0.2, 0.25) is 0 Å². The topological polar surface area (TPSA) is 86.7 Å². The molecule has 0 saturated heterocycles. The molecule has 4 aromatic carbocycles. The van der Waals surface area contributed by atoms with Crippen LogP contribution in [-0.2, 0) is 9.59 Å². The van der Waals surface area contributed by atoms with Crippen molar-refractivity contribution in [2.75, 3.05) is 5.32 Å². The number of amides is 2. The lowest BCUT2D eigenvalue weighted by Crippen LogP contribution is -2.44. The van der Waals surface area contributed by atoms with Crippen LogP contribution < -0.4 is 5.32 Å². The van der Waals surface area contributed by atoms with Crippen LogP contribution in [-0.4, -0.2) is 27.8 Å². The largest absolute Gasteiger partial charge is 0.479 e. The molecule has 0 radical (unpaired) electrons. The van der Waals surface area contributed by atoms with Crippen LogP contribution in [0, 0.1) is 3.57 Å². The smallest absolute Gasteiger partial charge is 0.331 e. The summed E-state index contributed by atoms with van der Waals surface area (Å²) in [4.78, 5) is 41.5. The van der Waals surface area contributed by atoms with Gasteiger partial charge in [0.1, 0.15) is 6.04 Å². The number of aliphatic carboxylic acids is 1. The molecular formula is C29H20ClIN2O4. The summed E-state index contributed by atoms with van der Waals surface area (Å²) in [6.07, 6.45) is 0. The Morgan fingerprint density at radius 3 is 2.19 bits per heavy atom. The van der Waals surface area contributed by atoms with Crippen molar-refractivity contribution in [2.45, 2.75) is 12.1 Å². The molecule has 2 unspecified atom stereocenters. The van der Waals surface area contributed by atoms with E-state index in [1.165, 1.54) is 0 Å². The highest BCUT2D eigenvalue weighted by Crippen LogP contribution is 2.38. The van der Waals surface area contributed by atoms with E-state index in [1.54, 1.807) is 54.6 Å². The minimum atomic E-state index is -1.43. The van der Waals surface area contributed by atoms with Gasteiger partial charge in [-0.25, -0.2) is 4.79 Å². The van der Waals surface area contributed by atoms with Gasteiger partial charge in [-0.05, 0) is 75.2 Å². The Morgan fingerprint density at radius 1 is 0.892 bits per heavy atom. The SMILES string of the molecule is O=C(O)C(c1ccc(Cl)cc1)N1C(=O)c2cc(I)ccc2NC(=O)C1c1ccc(-c2ccccc2)cc1. The van der Waals surface area contributed by atoms with Gasteiger partial charge < -0.3 is 15.3 Å². The summed E-state index contributed by atoms with van der Waals surface area (Å²) in [6.45, 7) is 0. The molecule has 0 aromatic heterocycles. The first-order valence-corrected chi connectivity index (χ1v) is 12.9. The molecule has 4 aromatic rings. The number of rotatable bonds is 5. The number of carboxylic acid groups (broad SMARTS) is 1. The molecule has 2 amide bonds. The van der Waals surface area contributed by atoms with E-state index in [2.05, 4.69) is 27.9 Å². The molecule has 1 aliphatic rings. The first-order valence-electron chi connectivity index (χ1n) is 11.4.